The van der Waals surface area contributed by atoms with Crippen molar-refractivity contribution in [1.82, 2.24) is 5.32 Å². The first-order valence-corrected chi connectivity index (χ1v) is 7.99. The van der Waals surface area contributed by atoms with Gasteiger partial charge in [0.2, 0.25) is 11.8 Å². The molecule has 0 fully saturated rings. The molecular weight excluding hydrogens is 320 g/mol. The Morgan fingerprint density at radius 2 is 2.00 bits per heavy atom. The molecule has 6 nitrogen and oxygen atoms in total. The summed E-state index contributed by atoms with van der Waals surface area (Å²) in [6.45, 7) is 0.312. The number of benzene rings is 2. The van der Waals surface area contributed by atoms with E-state index in [0.29, 0.717) is 23.7 Å². The summed E-state index contributed by atoms with van der Waals surface area (Å²) < 4.78 is 10.5. The van der Waals surface area contributed by atoms with E-state index >= 15 is 0 Å². The second-order valence-corrected chi connectivity index (χ2v) is 5.79. The van der Waals surface area contributed by atoms with E-state index in [1.165, 1.54) is 0 Å². The van der Waals surface area contributed by atoms with Gasteiger partial charge in [0.25, 0.3) is 0 Å². The van der Waals surface area contributed by atoms with Crippen LogP contribution in [0.1, 0.15) is 23.5 Å². The number of para-hydroxylation sites is 1. The molecule has 0 saturated carbocycles. The van der Waals surface area contributed by atoms with Crippen LogP contribution in [0.2, 0.25) is 0 Å². The van der Waals surface area contributed by atoms with E-state index in [1.807, 2.05) is 30.3 Å². The third-order valence-corrected chi connectivity index (χ3v) is 4.26. The molecule has 0 radical (unpaired) electrons. The zero-order chi connectivity index (χ0) is 17.8. The molecule has 0 aliphatic carbocycles. The first kappa shape index (κ1) is 16.8. The van der Waals surface area contributed by atoms with Crippen molar-refractivity contribution < 1.29 is 19.1 Å². The van der Waals surface area contributed by atoms with Crippen molar-refractivity contribution in [3.05, 3.63) is 53.6 Å². The lowest BCUT2D eigenvalue weighted by atomic mass is 9.90. The van der Waals surface area contributed by atoms with Crippen LogP contribution in [0.5, 0.6) is 11.5 Å². The van der Waals surface area contributed by atoms with E-state index in [4.69, 9.17) is 9.47 Å². The lowest BCUT2D eigenvalue weighted by Gasteiger charge is -2.24. The second-order valence-electron chi connectivity index (χ2n) is 5.79. The molecule has 25 heavy (non-hydrogen) atoms. The predicted octanol–water partition coefficient (Wildman–Crippen LogP) is 2.45. The number of nitrogens with one attached hydrogen (secondary N) is 2. The lowest BCUT2D eigenvalue weighted by molar-refractivity contribution is -0.126. The predicted molar refractivity (Wildman–Crippen MR) is 93.8 cm³/mol. The van der Waals surface area contributed by atoms with Crippen molar-refractivity contribution in [2.75, 3.05) is 19.5 Å². The summed E-state index contributed by atoms with van der Waals surface area (Å²) in [5, 5.41) is 5.70. The van der Waals surface area contributed by atoms with Gasteiger partial charge in [-0.25, -0.2) is 0 Å². The Morgan fingerprint density at radius 3 is 2.76 bits per heavy atom. The number of hydrogen-bond donors (Lipinski definition) is 2. The lowest BCUT2D eigenvalue weighted by Crippen LogP contribution is -2.34. The molecule has 1 aliphatic rings. The summed E-state index contributed by atoms with van der Waals surface area (Å²) in [5.74, 6) is 0.501. The smallest absolute Gasteiger partial charge is 0.228 e. The van der Waals surface area contributed by atoms with Crippen molar-refractivity contribution in [3.63, 3.8) is 0 Å². The number of anilines is 1. The number of amides is 2. The topological polar surface area (TPSA) is 76.7 Å². The van der Waals surface area contributed by atoms with Crippen LogP contribution < -0.4 is 20.1 Å². The number of ether oxygens (including phenoxy) is 2. The molecule has 1 atom stereocenters. The van der Waals surface area contributed by atoms with E-state index < -0.39 is 5.92 Å². The summed E-state index contributed by atoms with van der Waals surface area (Å²) >= 11 is 0. The zero-order valence-electron chi connectivity index (χ0n) is 14.2. The summed E-state index contributed by atoms with van der Waals surface area (Å²) in [6, 6.07) is 12.8. The SMILES string of the molecule is COc1ccc(CNC(=O)C2CC(=O)Nc3ccccc32)c(OC)c1. The van der Waals surface area contributed by atoms with Crippen molar-refractivity contribution in [1.29, 1.82) is 0 Å². The molecule has 130 valence electrons. The molecule has 6 heteroatoms. The number of carbonyl (C=O) groups excluding carboxylic acids is 2. The first-order valence-electron chi connectivity index (χ1n) is 7.99. The van der Waals surface area contributed by atoms with Crippen molar-refractivity contribution in [3.8, 4) is 11.5 Å². The van der Waals surface area contributed by atoms with Gasteiger partial charge in [-0.05, 0) is 23.8 Å². The van der Waals surface area contributed by atoms with Crippen molar-refractivity contribution >= 4 is 17.5 Å². The summed E-state index contributed by atoms with van der Waals surface area (Å²) in [5.41, 5.74) is 2.37. The fraction of sp³-hybridized carbons (Fsp3) is 0.263. The quantitative estimate of drug-likeness (QED) is 0.876. The number of fused-ring (bicyclic) bond motifs is 1. The molecule has 0 aromatic heterocycles. The maximum absolute atomic E-state index is 12.6. The summed E-state index contributed by atoms with van der Waals surface area (Å²) in [4.78, 5) is 24.5. The first-order chi connectivity index (χ1) is 12.1. The van der Waals surface area contributed by atoms with Gasteiger partial charge in [-0.2, -0.15) is 0 Å². The van der Waals surface area contributed by atoms with Crippen LogP contribution >= 0.6 is 0 Å². The van der Waals surface area contributed by atoms with Gasteiger partial charge in [0.15, 0.2) is 0 Å². The molecule has 2 N–H and O–H groups in total. The normalized spacial score (nSPS) is 15.8. The summed E-state index contributed by atoms with van der Waals surface area (Å²) in [6.07, 6.45) is 0.141. The van der Waals surface area contributed by atoms with E-state index in [9.17, 15) is 9.59 Å². The van der Waals surface area contributed by atoms with Gasteiger partial charge < -0.3 is 20.1 Å². The third kappa shape index (κ3) is 3.57. The number of rotatable bonds is 5. The van der Waals surface area contributed by atoms with E-state index in [1.54, 1.807) is 26.4 Å². The molecule has 0 saturated heterocycles. The van der Waals surface area contributed by atoms with Crippen LogP contribution in [0.15, 0.2) is 42.5 Å². The molecule has 1 aliphatic heterocycles. The van der Waals surface area contributed by atoms with Crippen molar-refractivity contribution in [2.45, 2.75) is 18.9 Å². The summed E-state index contributed by atoms with van der Waals surface area (Å²) in [7, 11) is 3.16. The molecule has 3 rings (SSSR count). The van der Waals surface area contributed by atoms with E-state index in [2.05, 4.69) is 10.6 Å². The second kappa shape index (κ2) is 7.25. The molecular formula is C19H20N2O4. The number of carbonyl (C=O) groups is 2. The van der Waals surface area contributed by atoms with Gasteiger partial charge in [-0.15, -0.1) is 0 Å². The highest BCUT2D eigenvalue weighted by Gasteiger charge is 2.30. The van der Waals surface area contributed by atoms with Gasteiger partial charge in [-0.3, -0.25) is 9.59 Å². The molecule has 1 heterocycles. The van der Waals surface area contributed by atoms with Gasteiger partial charge in [0.05, 0.1) is 20.1 Å². The van der Waals surface area contributed by atoms with Gasteiger partial charge in [-0.1, -0.05) is 18.2 Å². The Kier molecular flexibility index (Phi) is 4.88. The van der Waals surface area contributed by atoms with Crippen LogP contribution in [-0.4, -0.2) is 26.0 Å². The number of methoxy groups -OCH3 is 2. The number of hydrogen-bond acceptors (Lipinski definition) is 4. The molecule has 0 spiro atoms. The standard InChI is InChI=1S/C19H20N2O4/c1-24-13-8-7-12(17(9-13)25-2)11-20-19(23)15-10-18(22)21-16-6-4-3-5-14(15)16/h3-9,15H,10-11H2,1-2H3,(H,20,23)(H,21,22). The minimum Gasteiger partial charge on any atom is -0.497 e. The monoisotopic (exact) mass is 340 g/mol. The average Bonchev–Trinajstić information content (AvgIpc) is 2.65. The van der Waals surface area contributed by atoms with Gasteiger partial charge in [0.1, 0.15) is 11.5 Å². The van der Waals surface area contributed by atoms with Gasteiger partial charge >= 0.3 is 0 Å². The highest BCUT2D eigenvalue weighted by atomic mass is 16.5. The Hall–Kier alpha value is -3.02. The Bertz CT molecular complexity index is 804. The average molecular weight is 340 g/mol. The molecule has 2 aromatic carbocycles. The van der Waals surface area contributed by atoms with Crippen LogP contribution in [0.25, 0.3) is 0 Å². The minimum absolute atomic E-state index is 0.141. The molecule has 0 bridgehead atoms. The van der Waals surface area contributed by atoms with Crippen LogP contribution in [-0.2, 0) is 16.1 Å². The van der Waals surface area contributed by atoms with Crippen LogP contribution in [0.3, 0.4) is 0 Å². The largest absolute Gasteiger partial charge is 0.497 e. The van der Waals surface area contributed by atoms with E-state index in [-0.39, 0.29) is 18.2 Å². The highest BCUT2D eigenvalue weighted by Crippen LogP contribution is 2.32. The van der Waals surface area contributed by atoms with Crippen molar-refractivity contribution in [2.24, 2.45) is 0 Å². The Morgan fingerprint density at radius 1 is 1.20 bits per heavy atom. The van der Waals surface area contributed by atoms with Crippen LogP contribution in [0.4, 0.5) is 5.69 Å². The molecule has 2 aromatic rings. The Labute approximate surface area is 146 Å². The van der Waals surface area contributed by atoms with E-state index in [0.717, 1.165) is 11.1 Å². The zero-order valence-corrected chi connectivity index (χ0v) is 14.2. The highest BCUT2D eigenvalue weighted by molar-refractivity contribution is 6.01. The fourth-order valence-electron chi connectivity index (χ4n) is 2.95. The maximum atomic E-state index is 12.6. The molecule has 2 amide bonds. The Balaban J connectivity index is 1.74. The van der Waals surface area contributed by atoms with Crippen LogP contribution in [0, 0.1) is 0 Å². The fourth-order valence-corrected chi connectivity index (χ4v) is 2.95. The maximum Gasteiger partial charge on any atom is 0.228 e. The minimum atomic E-state index is -0.491. The molecule has 1 unspecified atom stereocenters. The third-order valence-electron chi connectivity index (χ3n) is 4.26. The van der Waals surface area contributed by atoms with Gasteiger partial charge in [0, 0.05) is 30.3 Å².